The number of furan rings is 1. The molecule has 0 bridgehead atoms. The SMILES string of the molecule is CCOC(=O)Cc1csc(NC(=O)CNC(=O)c2cc3ccccc3o2)n1. The molecule has 0 saturated heterocycles. The monoisotopic (exact) mass is 387 g/mol. The second-order valence-corrected chi connectivity index (χ2v) is 6.36. The Hall–Kier alpha value is -3.20. The van der Waals surface area contributed by atoms with Crippen LogP contribution in [0.3, 0.4) is 0 Å². The first-order chi connectivity index (χ1) is 13.0. The normalized spacial score (nSPS) is 10.6. The minimum Gasteiger partial charge on any atom is -0.466 e. The van der Waals surface area contributed by atoms with E-state index >= 15 is 0 Å². The first-order valence-electron chi connectivity index (χ1n) is 8.22. The van der Waals surface area contributed by atoms with Gasteiger partial charge in [0, 0.05) is 10.8 Å². The molecule has 8 nitrogen and oxygen atoms in total. The average molecular weight is 387 g/mol. The summed E-state index contributed by atoms with van der Waals surface area (Å²) in [6, 6.07) is 8.86. The quantitative estimate of drug-likeness (QED) is 0.602. The Morgan fingerprint density at radius 2 is 2.07 bits per heavy atom. The first kappa shape index (κ1) is 18.6. The molecule has 0 unspecified atom stereocenters. The highest BCUT2D eigenvalue weighted by atomic mass is 32.1. The molecule has 2 amide bonds. The zero-order valence-corrected chi connectivity index (χ0v) is 15.3. The minimum atomic E-state index is -0.483. The highest BCUT2D eigenvalue weighted by Crippen LogP contribution is 2.19. The van der Waals surface area contributed by atoms with Crippen molar-refractivity contribution in [2.24, 2.45) is 0 Å². The van der Waals surface area contributed by atoms with Crippen LogP contribution < -0.4 is 10.6 Å². The second kappa shape index (κ2) is 8.45. The van der Waals surface area contributed by atoms with E-state index in [4.69, 9.17) is 9.15 Å². The van der Waals surface area contributed by atoms with Crippen molar-refractivity contribution in [3.63, 3.8) is 0 Å². The zero-order valence-electron chi connectivity index (χ0n) is 14.5. The molecule has 3 aromatic rings. The topological polar surface area (TPSA) is 111 Å². The molecule has 9 heteroatoms. The standard InChI is InChI=1S/C18H17N3O5S/c1-2-25-16(23)8-12-10-27-18(20-12)21-15(22)9-19-17(24)14-7-11-5-3-4-6-13(11)26-14/h3-7,10H,2,8-9H2,1H3,(H,19,24)(H,20,21,22). The van der Waals surface area contributed by atoms with Crippen LogP contribution >= 0.6 is 11.3 Å². The van der Waals surface area contributed by atoms with Gasteiger partial charge in [-0.05, 0) is 19.1 Å². The summed E-state index contributed by atoms with van der Waals surface area (Å²) in [4.78, 5) is 39.6. The fraction of sp³-hybridized carbons (Fsp3) is 0.222. The van der Waals surface area contributed by atoms with Gasteiger partial charge in [0.1, 0.15) is 5.58 Å². The number of hydrogen-bond donors (Lipinski definition) is 2. The van der Waals surface area contributed by atoms with Crippen LogP contribution in [0.2, 0.25) is 0 Å². The summed E-state index contributed by atoms with van der Waals surface area (Å²) in [6.07, 6.45) is 0.0446. The molecule has 2 N–H and O–H groups in total. The number of rotatable bonds is 7. The van der Waals surface area contributed by atoms with Crippen LogP contribution in [0.15, 0.2) is 40.1 Å². The summed E-state index contributed by atoms with van der Waals surface area (Å²) < 4.78 is 10.3. The van der Waals surface area contributed by atoms with Gasteiger partial charge in [-0.1, -0.05) is 18.2 Å². The molecule has 0 saturated carbocycles. The number of anilines is 1. The van der Waals surface area contributed by atoms with Gasteiger partial charge in [0.15, 0.2) is 10.9 Å². The molecule has 0 spiro atoms. The molecule has 0 atom stereocenters. The van der Waals surface area contributed by atoms with Gasteiger partial charge in [0.2, 0.25) is 5.91 Å². The van der Waals surface area contributed by atoms with Gasteiger partial charge in [0.05, 0.1) is 25.3 Å². The Morgan fingerprint density at radius 3 is 2.85 bits per heavy atom. The molecular weight excluding hydrogens is 370 g/mol. The van der Waals surface area contributed by atoms with Crippen molar-refractivity contribution < 1.29 is 23.5 Å². The van der Waals surface area contributed by atoms with Crippen molar-refractivity contribution in [3.05, 3.63) is 47.2 Å². The Bertz CT molecular complexity index is 945. The van der Waals surface area contributed by atoms with Crippen LogP contribution in [-0.2, 0) is 20.7 Å². The van der Waals surface area contributed by atoms with E-state index in [-0.39, 0.29) is 24.7 Å². The lowest BCUT2D eigenvalue weighted by molar-refractivity contribution is -0.142. The number of benzene rings is 1. The zero-order chi connectivity index (χ0) is 19.2. The Balaban J connectivity index is 1.50. The molecular formula is C18H17N3O5S. The number of esters is 1. The van der Waals surface area contributed by atoms with Gasteiger partial charge in [-0.3, -0.25) is 14.4 Å². The van der Waals surface area contributed by atoms with E-state index in [1.54, 1.807) is 24.4 Å². The van der Waals surface area contributed by atoms with Crippen LogP contribution in [-0.4, -0.2) is 35.9 Å². The molecule has 3 rings (SSSR count). The molecule has 140 valence electrons. The van der Waals surface area contributed by atoms with Crippen LogP contribution in [0.4, 0.5) is 5.13 Å². The number of hydrogen-bond acceptors (Lipinski definition) is 7. The third kappa shape index (κ3) is 4.91. The largest absolute Gasteiger partial charge is 0.466 e. The minimum absolute atomic E-state index is 0.0446. The van der Waals surface area contributed by atoms with Gasteiger partial charge in [-0.25, -0.2) is 4.98 Å². The van der Waals surface area contributed by atoms with Crippen molar-refractivity contribution in [3.8, 4) is 0 Å². The average Bonchev–Trinajstić information content (AvgIpc) is 3.26. The summed E-state index contributed by atoms with van der Waals surface area (Å²) in [7, 11) is 0. The predicted octanol–water partition coefficient (Wildman–Crippen LogP) is 2.36. The molecule has 0 aliphatic rings. The summed E-state index contributed by atoms with van der Waals surface area (Å²) in [5.41, 5.74) is 1.11. The van der Waals surface area contributed by atoms with Gasteiger partial charge >= 0.3 is 5.97 Å². The molecule has 2 heterocycles. The summed E-state index contributed by atoms with van der Waals surface area (Å²) >= 11 is 1.19. The smallest absolute Gasteiger partial charge is 0.311 e. The van der Waals surface area contributed by atoms with Gasteiger partial charge in [0.25, 0.3) is 5.91 Å². The third-order valence-electron chi connectivity index (χ3n) is 3.49. The molecule has 0 aliphatic heterocycles. The Labute approximate surface area is 158 Å². The third-order valence-corrected chi connectivity index (χ3v) is 4.29. The van der Waals surface area contributed by atoms with Crippen LogP contribution in [0.5, 0.6) is 0 Å². The Morgan fingerprint density at radius 1 is 1.26 bits per heavy atom. The van der Waals surface area contributed by atoms with E-state index in [9.17, 15) is 14.4 Å². The number of nitrogens with one attached hydrogen (secondary N) is 2. The van der Waals surface area contributed by atoms with Crippen molar-refractivity contribution in [2.45, 2.75) is 13.3 Å². The summed E-state index contributed by atoms with van der Waals surface area (Å²) in [6.45, 7) is 1.80. The van der Waals surface area contributed by atoms with E-state index in [2.05, 4.69) is 15.6 Å². The Kier molecular flexibility index (Phi) is 5.82. The van der Waals surface area contributed by atoms with E-state index in [0.717, 1.165) is 5.39 Å². The van der Waals surface area contributed by atoms with E-state index in [1.165, 1.54) is 11.3 Å². The number of carbonyl (C=O) groups is 3. The molecule has 2 aromatic heterocycles. The summed E-state index contributed by atoms with van der Waals surface area (Å²) in [5, 5.41) is 7.89. The number of aromatic nitrogens is 1. The summed E-state index contributed by atoms with van der Waals surface area (Å²) in [5.74, 6) is -1.16. The van der Waals surface area contributed by atoms with E-state index < -0.39 is 11.8 Å². The maximum atomic E-state index is 12.1. The fourth-order valence-electron chi connectivity index (χ4n) is 2.31. The molecule has 0 fully saturated rings. The van der Waals surface area contributed by atoms with Gasteiger partial charge in [-0.15, -0.1) is 11.3 Å². The number of amides is 2. The van der Waals surface area contributed by atoms with Crippen LogP contribution in [0.1, 0.15) is 23.2 Å². The lowest BCUT2D eigenvalue weighted by Crippen LogP contribution is -2.32. The molecule has 0 aliphatic carbocycles. The van der Waals surface area contributed by atoms with Crippen LogP contribution in [0, 0.1) is 0 Å². The molecule has 1 aromatic carbocycles. The first-order valence-corrected chi connectivity index (χ1v) is 9.09. The van der Waals surface area contributed by atoms with Gasteiger partial charge < -0.3 is 19.8 Å². The van der Waals surface area contributed by atoms with Crippen LogP contribution in [0.25, 0.3) is 11.0 Å². The predicted molar refractivity (Wildman–Crippen MR) is 99.6 cm³/mol. The highest BCUT2D eigenvalue weighted by molar-refractivity contribution is 7.13. The number of nitrogens with zero attached hydrogens (tertiary/aromatic N) is 1. The molecule has 0 radical (unpaired) electrons. The highest BCUT2D eigenvalue weighted by Gasteiger charge is 2.14. The van der Waals surface area contributed by atoms with Crippen molar-refractivity contribution in [1.82, 2.24) is 10.3 Å². The van der Waals surface area contributed by atoms with Gasteiger partial charge in [-0.2, -0.15) is 0 Å². The number of thiazole rings is 1. The number of para-hydroxylation sites is 1. The lowest BCUT2D eigenvalue weighted by Gasteiger charge is -2.03. The maximum absolute atomic E-state index is 12.1. The number of ether oxygens (including phenoxy) is 1. The van der Waals surface area contributed by atoms with Crippen molar-refractivity contribution in [2.75, 3.05) is 18.5 Å². The van der Waals surface area contributed by atoms with E-state index in [0.29, 0.717) is 23.0 Å². The van der Waals surface area contributed by atoms with E-state index in [1.807, 2.05) is 18.2 Å². The fourth-order valence-corrected chi connectivity index (χ4v) is 3.04. The number of carbonyl (C=O) groups excluding carboxylic acids is 3. The number of fused-ring (bicyclic) bond motifs is 1. The van der Waals surface area contributed by atoms with Crippen molar-refractivity contribution >= 4 is 45.2 Å². The lowest BCUT2D eigenvalue weighted by atomic mass is 10.2. The molecule has 27 heavy (non-hydrogen) atoms. The maximum Gasteiger partial charge on any atom is 0.311 e. The van der Waals surface area contributed by atoms with Crippen molar-refractivity contribution in [1.29, 1.82) is 0 Å². The second-order valence-electron chi connectivity index (χ2n) is 5.51.